The molecule has 0 fully saturated rings. The molecule has 3 aromatic rings. The molecule has 3 rings (SSSR count). The number of ether oxygens (including phenoxy) is 1. The van der Waals surface area contributed by atoms with Crippen molar-refractivity contribution in [2.45, 2.75) is 6.92 Å². The zero-order valence-electron chi connectivity index (χ0n) is 13.1. The summed E-state index contributed by atoms with van der Waals surface area (Å²) in [6.45, 7) is 1.88. The summed E-state index contributed by atoms with van der Waals surface area (Å²) in [4.78, 5) is 27.1. The van der Waals surface area contributed by atoms with Gasteiger partial charge in [0.2, 0.25) is 0 Å². The first-order valence-corrected chi connectivity index (χ1v) is 8.15. The molecule has 0 unspecified atom stereocenters. The molecule has 1 aromatic carbocycles. The van der Waals surface area contributed by atoms with Crippen molar-refractivity contribution in [1.82, 2.24) is 4.98 Å². The number of carbonyl (C=O) groups excluding carboxylic acids is 1. The lowest BCUT2D eigenvalue weighted by molar-refractivity contribution is -0.386. The third-order valence-corrected chi connectivity index (χ3v) is 4.36. The van der Waals surface area contributed by atoms with Crippen LogP contribution in [-0.4, -0.2) is 15.8 Å². The third kappa shape index (κ3) is 3.81. The Labute approximate surface area is 147 Å². The fourth-order valence-electron chi connectivity index (χ4n) is 2.11. The monoisotopic (exact) mass is 355 g/mol. The number of benzene rings is 1. The first-order chi connectivity index (χ1) is 12.0. The zero-order chi connectivity index (χ0) is 17.8. The van der Waals surface area contributed by atoms with Crippen LogP contribution in [0.3, 0.4) is 0 Å². The Bertz CT molecular complexity index is 922. The molecule has 2 aromatic heterocycles. The van der Waals surface area contributed by atoms with E-state index in [1.54, 1.807) is 24.3 Å². The van der Waals surface area contributed by atoms with Gasteiger partial charge < -0.3 is 10.1 Å². The average Bonchev–Trinajstić information content (AvgIpc) is 3.03. The van der Waals surface area contributed by atoms with Crippen LogP contribution in [-0.2, 0) is 0 Å². The lowest BCUT2D eigenvalue weighted by atomic mass is 10.2. The summed E-state index contributed by atoms with van der Waals surface area (Å²) in [5.41, 5.74) is 1.30. The first kappa shape index (κ1) is 16.6. The number of aryl methyl sites for hydroxylation is 1. The lowest BCUT2D eigenvalue weighted by Crippen LogP contribution is -2.11. The van der Waals surface area contributed by atoms with Gasteiger partial charge in [0.25, 0.3) is 11.8 Å². The highest BCUT2D eigenvalue weighted by atomic mass is 32.1. The van der Waals surface area contributed by atoms with E-state index < -0.39 is 4.92 Å². The second-order valence-electron chi connectivity index (χ2n) is 5.10. The van der Waals surface area contributed by atoms with Crippen molar-refractivity contribution in [3.05, 3.63) is 74.6 Å². The molecule has 0 aliphatic heterocycles. The maximum atomic E-state index is 12.2. The quantitative estimate of drug-likeness (QED) is 0.540. The number of rotatable bonds is 5. The molecule has 1 N–H and O–H groups in total. The van der Waals surface area contributed by atoms with Gasteiger partial charge in [-0.3, -0.25) is 14.9 Å². The number of carbonyl (C=O) groups is 1. The van der Waals surface area contributed by atoms with Gasteiger partial charge in [-0.15, -0.1) is 11.3 Å². The van der Waals surface area contributed by atoms with Crippen LogP contribution < -0.4 is 10.1 Å². The minimum absolute atomic E-state index is 0.0847. The van der Waals surface area contributed by atoms with Crippen molar-refractivity contribution in [2.75, 3.05) is 5.32 Å². The van der Waals surface area contributed by atoms with Gasteiger partial charge in [0.15, 0.2) is 0 Å². The molecular formula is C17H13N3O4S. The number of aromatic nitrogens is 1. The van der Waals surface area contributed by atoms with E-state index in [4.69, 9.17) is 4.74 Å². The van der Waals surface area contributed by atoms with Gasteiger partial charge in [0, 0.05) is 18.0 Å². The topological polar surface area (TPSA) is 94.4 Å². The summed E-state index contributed by atoms with van der Waals surface area (Å²) >= 11 is 1.38. The van der Waals surface area contributed by atoms with Crippen molar-refractivity contribution in [3.63, 3.8) is 0 Å². The number of thiophene rings is 1. The first-order valence-electron chi connectivity index (χ1n) is 7.27. The van der Waals surface area contributed by atoms with Crippen molar-refractivity contribution < 1.29 is 14.5 Å². The SMILES string of the molecule is Cc1ccsc1C(=O)Nc1ccc(Oc2ncccc2[N+](=O)[O-])cc1. The summed E-state index contributed by atoms with van der Waals surface area (Å²) in [5, 5.41) is 15.6. The smallest absolute Gasteiger partial charge is 0.331 e. The number of nitrogens with one attached hydrogen (secondary N) is 1. The highest BCUT2D eigenvalue weighted by molar-refractivity contribution is 7.12. The van der Waals surface area contributed by atoms with E-state index in [0.29, 0.717) is 16.3 Å². The Morgan fingerprint density at radius 3 is 2.64 bits per heavy atom. The van der Waals surface area contributed by atoms with E-state index in [9.17, 15) is 14.9 Å². The maximum absolute atomic E-state index is 12.2. The van der Waals surface area contributed by atoms with Crippen molar-refractivity contribution in [3.8, 4) is 11.6 Å². The summed E-state index contributed by atoms with van der Waals surface area (Å²) < 4.78 is 5.46. The van der Waals surface area contributed by atoms with Crippen molar-refractivity contribution >= 4 is 28.6 Å². The molecule has 25 heavy (non-hydrogen) atoms. The Morgan fingerprint density at radius 1 is 1.24 bits per heavy atom. The number of amides is 1. The second-order valence-corrected chi connectivity index (χ2v) is 6.01. The Balaban J connectivity index is 1.72. The van der Waals surface area contributed by atoms with Gasteiger partial charge in [-0.25, -0.2) is 4.98 Å². The highest BCUT2D eigenvalue weighted by Crippen LogP contribution is 2.29. The largest absolute Gasteiger partial charge is 0.434 e. The molecule has 0 spiro atoms. The number of nitro groups is 1. The highest BCUT2D eigenvalue weighted by Gasteiger charge is 2.16. The Morgan fingerprint density at radius 2 is 2.00 bits per heavy atom. The number of hydrogen-bond donors (Lipinski definition) is 1. The molecule has 7 nitrogen and oxygen atoms in total. The van der Waals surface area contributed by atoms with Crippen LogP contribution in [0.25, 0.3) is 0 Å². The normalized spacial score (nSPS) is 10.3. The van der Waals surface area contributed by atoms with Crippen LogP contribution in [0.2, 0.25) is 0 Å². The van der Waals surface area contributed by atoms with Gasteiger partial charge in [0.05, 0.1) is 9.80 Å². The molecule has 0 bridgehead atoms. The average molecular weight is 355 g/mol. The third-order valence-electron chi connectivity index (χ3n) is 3.34. The van der Waals surface area contributed by atoms with Gasteiger partial charge in [0.1, 0.15) is 5.75 Å². The zero-order valence-corrected chi connectivity index (χ0v) is 13.9. The van der Waals surface area contributed by atoms with Crippen LogP contribution in [0.15, 0.2) is 54.0 Å². The van der Waals surface area contributed by atoms with E-state index >= 15 is 0 Å². The molecule has 2 heterocycles. The van der Waals surface area contributed by atoms with Gasteiger partial charge >= 0.3 is 5.69 Å². The molecule has 8 heteroatoms. The number of pyridine rings is 1. The summed E-state index contributed by atoms with van der Waals surface area (Å²) in [7, 11) is 0. The summed E-state index contributed by atoms with van der Waals surface area (Å²) in [6, 6.07) is 11.2. The van der Waals surface area contributed by atoms with Crippen LogP contribution in [0.1, 0.15) is 15.2 Å². The fourth-order valence-corrected chi connectivity index (χ4v) is 2.93. The van der Waals surface area contributed by atoms with E-state index in [2.05, 4.69) is 10.3 Å². The predicted octanol–water partition coefficient (Wildman–Crippen LogP) is 4.40. The van der Waals surface area contributed by atoms with Crippen molar-refractivity contribution in [2.24, 2.45) is 0 Å². The maximum Gasteiger partial charge on any atom is 0.331 e. The van der Waals surface area contributed by atoms with E-state index in [1.165, 1.54) is 29.7 Å². The molecule has 0 aliphatic carbocycles. The molecule has 1 amide bonds. The number of nitrogens with zero attached hydrogens (tertiary/aromatic N) is 2. The van der Waals surface area contributed by atoms with Gasteiger partial charge in [-0.05, 0) is 54.3 Å². The standard InChI is InChI=1S/C17H13N3O4S/c1-11-8-10-25-15(11)16(21)19-12-4-6-13(7-5-12)24-17-14(20(22)23)3-2-9-18-17/h2-10H,1H3,(H,19,21). The fraction of sp³-hybridized carbons (Fsp3) is 0.0588. The van der Waals surface area contributed by atoms with Crippen molar-refractivity contribution in [1.29, 1.82) is 0 Å². The van der Waals surface area contributed by atoms with Gasteiger partial charge in [-0.2, -0.15) is 0 Å². The van der Waals surface area contributed by atoms with Crippen LogP contribution in [0.5, 0.6) is 11.6 Å². The van der Waals surface area contributed by atoms with Crippen LogP contribution in [0.4, 0.5) is 11.4 Å². The lowest BCUT2D eigenvalue weighted by Gasteiger charge is -2.07. The number of hydrogen-bond acceptors (Lipinski definition) is 6. The predicted molar refractivity (Wildman–Crippen MR) is 94.4 cm³/mol. The van der Waals surface area contributed by atoms with Crippen LogP contribution >= 0.6 is 11.3 Å². The molecule has 0 aliphatic rings. The minimum atomic E-state index is -0.555. The Kier molecular flexibility index (Phi) is 4.71. The van der Waals surface area contributed by atoms with Gasteiger partial charge in [-0.1, -0.05) is 0 Å². The van der Waals surface area contributed by atoms with E-state index in [1.807, 2.05) is 18.4 Å². The summed E-state index contributed by atoms with van der Waals surface area (Å²) in [6.07, 6.45) is 1.42. The molecule has 0 atom stereocenters. The molecule has 0 saturated heterocycles. The molecule has 0 radical (unpaired) electrons. The number of anilines is 1. The minimum Gasteiger partial charge on any atom is -0.434 e. The van der Waals surface area contributed by atoms with E-state index in [-0.39, 0.29) is 17.5 Å². The molecule has 126 valence electrons. The Hall–Kier alpha value is -3.26. The second kappa shape index (κ2) is 7.10. The van der Waals surface area contributed by atoms with E-state index in [0.717, 1.165) is 5.56 Å². The molecule has 0 saturated carbocycles. The summed E-state index contributed by atoms with van der Waals surface area (Å²) in [5.74, 6) is 0.118. The molecular weight excluding hydrogens is 342 g/mol. The van der Waals surface area contributed by atoms with Crippen LogP contribution in [0, 0.1) is 17.0 Å².